The third-order valence-corrected chi connectivity index (χ3v) is 4.49. The molecule has 0 saturated carbocycles. The van der Waals surface area contributed by atoms with Crippen molar-refractivity contribution in [3.8, 4) is 0 Å². The molecule has 1 amide bonds. The number of sulfone groups is 1. The van der Waals surface area contributed by atoms with Gasteiger partial charge in [0.25, 0.3) is 5.91 Å². The molecule has 110 valence electrons. The number of rotatable bonds is 3. The number of halogens is 2. The Morgan fingerprint density at radius 3 is 2.43 bits per heavy atom. The normalized spacial score (nSPS) is 11.2. The molecule has 2 rings (SSSR count). The predicted octanol–water partition coefficient (Wildman–Crippen LogP) is 3.65. The van der Waals surface area contributed by atoms with Crippen LogP contribution in [0.25, 0.3) is 0 Å². The number of anilines is 1. The summed E-state index contributed by atoms with van der Waals surface area (Å²) in [7, 11) is -3.50. The summed E-state index contributed by atoms with van der Waals surface area (Å²) in [5.41, 5.74) is 0.711. The zero-order chi connectivity index (χ0) is 15.6. The first-order valence-corrected chi connectivity index (χ1v) is 8.48. The topological polar surface area (TPSA) is 63.2 Å². The number of hydrogen-bond acceptors (Lipinski definition) is 3. The van der Waals surface area contributed by atoms with Gasteiger partial charge in [0.15, 0.2) is 9.84 Å². The van der Waals surface area contributed by atoms with E-state index in [0.29, 0.717) is 10.7 Å². The van der Waals surface area contributed by atoms with Crippen LogP contribution in [0.15, 0.2) is 47.4 Å². The van der Waals surface area contributed by atoms with E-state index in [2.05, 4.69) is 5.32 Å². The van der Waals surface area contributed by atoms with Gasteiger partial charge in [0.2, 0.25) is 0 Å². The number of hydrogen-bond donors (Lipinski definition) is 1. The van der Waals surface area contributed by atoms with E-state index < -0.39 is 15.7 Å². The first-order valence-electron chi connectivity index (χ1n) is 5.84. The lowest BCUT2D eigenvalue weighted by molar-refractivity contribution is 0.102. The van der Waals surface area contributed by atoms with Crippen LogP contribution < -0.4 is 5.32 Å². The molecular formula is C14H11Cl2NO3S. The summed E-state index contributed by atoms with van der Waals surface area (Å²) in [6.07, 6.45) is 1.03. The molecule has 0 aliphatic carbocycles. The zero-order valence-electron chi connectivity index (χ0n) is 10.9. The van der Waals surface area contributed by atoms with E-state index in [1.807, 2.05) is 0 Å². The molecular weight excluding hydrogens is 333 g/mol. The highest BCUT2D eigenvalue weighted by Crippen LogP contribution is 2.23. The van der Waals surface area contributed by atoms with E-state index in [-0.39, 0.29) is 15.5 Å². The Labute approximate surface area is 132 Å². The number of amides is 1. The first-order chi connectivity index (χ1) is 9.77. The fourth-order valence-electron chi connectivity index (χ4n) is 1.70. The zero-order valence-corrected chi connectivity index (χ0v) is 13.3. The molecule has 2 aromatic rings. The minimum absolute atomic E-state index is 0.0804. The summed E-state index contributed by atoms with van der Waals surface area (Å²) < 4.78 is 23.2. The van der Waals surface area contributed by atoms with Gasteiger partial charge in [-0.15, -0.1) is 0 Å². The van der Waals surface area contributed by atoms with E-state index in [4.69, 9.17) is 23.2 Å². The molecule has 21 heavy (non-hydrogen) atoms. The second kappa shape index (κ2) is 6.05. The van der Waals surface area contributed by atoms with Gasteiger partial charge in [-0.2, -0.15) is 0 Å². The van der Waals surface area contributed by atoms with E-state index in [9.17, 15) is 13.2 Å². The minimum Gasteiger partial charge on any atom is -0.322 e. The van der Waals surface area contributed by atoms with Gasteiger partial charge < -0.3 is 5.32 Å². The monoisotopic (exact) mass is 343 g/mol. The average Bonchev–Trinajstić information content (AvgIpc) is 2.37. The van der Waals surface area contributed by atoms with Crippen molar-refractivity contribution >= 4 is 44.6 Å². The van der Waals surface area contributed by atoms with Crippen molar-refractivity contribution in [2.75, 3.05) is 11.6 Å². The van der Waals surface area contributed by atoms with Gasteiger partial charge in [-0.3, -0.25) is 4.79 Å². The maximum atomic E-state index is 12.1. The van der Waals surface area contributed by atoms with Gasteiger partial charge in [-0.05, 0) is 36.4 Å². The van der Waals surface area contributed by atoms with Gasteiger partial charge >= 0.3 is 0 Å². The highest BCUT2D eigenvalue weighted by atomic mass is 35.5. The third kappa shape index (κ3) is 3.97. The van der Waals surface area contributed by atoms with Crippen molar-refractivity contribution < 1.29 is 13.2 Å². The van der Waals surface area contributed by atoms with Crippen LogP contribution in [0.2, 0.25) is 10.0 Å². The van der Waals surface area contributed by atoms with Crippen molar-refractivity contribution in [3.05, 3.63) is 58.1 Å². The molecule has 4 nitrogen and oxygen atoms in total. The number of carbonyl (C=O) groups excluding carboxylic acids is 1. The number of nitrogens with one attached hydrogen (secondary N) is 1. The Kier molecular flexibility index (Phi) is 4.56. The van der Waals surface area contributed by atoms with E-state index in [1.54, 1.807) is 24.3 Å². The average molecular weight is 344 g/mol. The fraction of sp³-hybridized carbons (Fsp3) is 0.0714. The molecule has 7 heteroatoms. The van der Waals surface area contributed by atoms with Crippen molar-refractivity contribution in [1.29, 1.82) is 0 Å². The summed E-state index contributed by atoms with van der Waals surface area (Å²) in [5, 5.41) is 3.20. The second-order valence-corrected chi connectivity index (χ2v) is 7.21. The summed E-state index contributed by atoms with van der Waals surface area (Å²) in [4.78, 5) is 12.0. The molecule has 2 aromatic carbocycles. The van der Waals surface area contributed by atoms with Crippen LogP contribution >= 0.6 is 23.2 Å². The van der Waals surface area contributed by atoms with E-state index in [1.165, 1.54) is 18.2 Å². The number of carbonyl (C=O) groups is 1. The van der Waals surface area contributed by atoms with Gasteiger partial charge in [-0.25, -0.2) is 8.42 Å². The van der Waals surface area contributed by atoms with Crippen molar-refractivity contribution in [2.45, 2.75) is 4.90 Å². The lowest BCUT2D eigenvalue weighted by Gasteiger charge is -2.08. The molecule has 0 heterocycles. The van der Waals surface area contributed by atoms with Crippen molar-refractivity contribution in [2.24, 2.45) is 0 Å². The fourth-order valence-corrected chi connectivity index (χ4v) is 3.19. The molecule has 0 spiro atoms. The van der Waals surface area contributed by atoms with Crippen LogP contribution in [-0.4, -0.2) is 20.6 Å². The van der Waals surface area contributed by atoms with Crippen LogP contribution in [0.1, 0.15) is 10.4 Å². The molecule has 1 N–H and O–H groups in total. The quantitative estimate of drug-likeness (QED) is 0.924. The summed E-state index contributed by atoms with van der Waals surface area (Å²) in [5.74, 6) is -0.446. The van der Waals surface area contributed by atoms with Gasteiger partial charge in [0.05, 0.1) is 9.92 Å². The molecule has 0 saturated heterocycles. The van der Waals surface area contributed by atoms with Crippen molar-refractivity contribution in [1.82, 2.24) is 0 Å². The van der Waals surface area contributed by atoms with Crippen LogP contribution in [0.3, 0.4) is 0 Å². The Balaban J connectivity index is 2.32. The third-order valence-electron chi connectivity index (χ3n) is 2.68. The van der Waals surface area contributed by atoms with E-state index in [0.717, 1.165) is 6.26 Å². The van der Waals surface area contributed by atoms with E-state index >= 15 is 0 Å². The molecule has 0 radical (unpaired) electrons. The smallest absolute Gasteiger partial charge is 0.255 e. The Hall–Kier alpha value is -1.56. The molecule has 0 atom stereocenters. The van der Waals surface area contributed by atoms with Crippen LogP contribution in [0.5, 0.6) is 0 Å². The summed E-state index contributed by atoms with van der Waals surface area (Å²) in [6.45, 7) is 0. The minimum atomic E-state index is -3.50. The van der Waals surface area contributed by atoms with Crippen LogP contribution in [-0.2, 0) is 9.84 Å². The van der Waals surface area contributed by atoms with Crippen molar-refractivity contribution in [3.63, 3.8) is 0 Å². The Morgan fingerprint density at radius 1 is 1.10 bits per heavy atom. The molecule has 0 fully saturated rings. The highest BCUT2D eigenvalue weighted by molar-refractivity contribution is 7.90. The molecule has 0 aliphatic rings. The van der Waals surface area contributed by atoms with Gasteiger partial charge in [-0.1, -0.05) is 29.3 Å². The predicted molar refractivity (Wildman–Crippen MR) is 84.0 cm³/mol. The SMILES string of the molecule is CS(=O)(=O)c1cc(C(=O)Nc2cccc(Cl)c2)ccc1Cl. The van der Waals surface area contributed by atoms with Gasteiger partial charge in [0, 0.05) is 22.5 Å². The first kappa shape index (κ1) is 15.8. The largest absolute Gasteiger partial charge is 0.322 e. The molecule has 0 unspecified atom stereocenters. The molecule has 0 bridgehead atoms. The lowest BCUT2D eigenvalue weighted by Crippen LogP contribution is -2.12. The molecule has 0 aromatic heterocycles. The highest BCUT2D eigenvalue weighted by Gasteiger charge is 2.16. The standard InChI is InChI=1S/C14H11Cl2NO3S/c1-21(19,20)13-7-9(5-6-12(13)16)14(18)17-11-4-2-3-10(15)8-11/h2-8H,1H3,(H,17,18). The Bertz CT molecular complexity index is 804. The van der Waals surface area contributed by atoms with Crippen LogP contribution in [0, 0.1) is 0 Å². The molecule has 0 aliphatic heterocycles. The second-order valence-electron chi connectivity index (χ2n) is 4.38. The van der Waals surface area contributed by atoms with Crippen LogP contribution in [0.4, 0.5) is 5.69 Å². The lowest BCUT2D eigenvalue weighted by atomic mass is 10.2. The summed E-state index contributed by atoms with van der Waals surface area (Å²) >= 11 is 11.7. The number of benzene rings is 2. The summed E-state index contributed by atoms with van der Waals surface area (Å²) in [6, 6.07) is 10.7. The Morgan fingerprint density at radius 2 is 1.81 bits per heavy atom. The maximum Gasteiger partial charge on any atom is 0.255 e. The van der Waals surface area contributed by atoms with Gasteiger partial charge in [0.1, 0.15) is 0 Å². The maximum absolute atomic E-state index is 12.1.